The number of aromatic nitrogens is 2. The number of carbonyl (C=O) groups excluding carboxylic acids is 1. The van der Waals surface area contributed by atoms with E-state index in [0.29, 0.717) is 12.1 Å². The third-order valence-corrected chi connectivity index (χ3v) is 3.74. The van der Waals surface area contributed by atoms with Crippen LogP contribution in [0, 0.1) is 0 Å². The van der Waals surface area contributed by atoms with E-state index >= 15 is 0 Å². The molecule has 0 aromatic carbocycles. The van der Waals surface area contributed by atoms with Crippen LogP contribution in [0.2, 0.25) is 0 Å². The van der Waals surface area contributed by atoms with Gasteiger partial charge in [-0.05, 0) is 26.7 Å². The van der Waals surface area contributed by atoms with Gasteiger partial charge in [0.05, 0.1) is 11.3 Å². The number of aryl methyl sites for hydroxylation is 1. The van der Waals surface area contributed by atoms with Crippen LogP contribution in [0.5, 0.6) is 0 Å². The van der Waals surface area contributed by atoms with E-state index in [0.717, 1.165) is 30.9 Å². The highest BCUT2D eigenvalue weighted by molar-refractivity contribution is 5.95. The molecule has 1 aliphatic heterocycles. The molecule has 112 valence electrons. The predicted octanol–water partition coefficient (Wildman–Crippen LogP) is 1.85. The molecule has 2 atom stereocenters. The minimum atomic E-state index is 0.119. The van der Waals surface area contributed by atoms with Crippen LogP contribution < -0.4 is 5.32 Å². The normalized spacial score (nSPS) is 23.4. The van der Waals surface area contributed by atoms with Gasteiger partial charge in [-0.15, -0.1) is 0 Å². The molecule has 2 rings (SSSR count). The van der Waals surface area contributed by atoms with E-state index in [2.05, 4.69) is 38.1 Å². The molecule has 0 radical (unpaired) electrons. The SMILES string of the molecule is CCn1cc(C(=O)N2C[C@@H](C)N[C@H](C)C2)c(C(C)C)n1. The summed E-state index contributed by atoms with van der Waals surface area (Å²) < 4.78 is 1.86. The largest absolute Gasteiger partial charge is 0.335 e. The lowest BCUT2D eigenvalue weighted by molar-refractivity contribution is 0.0672. The van der Waals surface area contributed by atoms with Gasteiger partial charge in [0.2, 0.25) is 0 Å². The van der Waals surface area contributed by atoms with Gasteiger partial charge in [-0.2, -0.15) is 5.10 Å². The van der Waals surface area contributed by atoms with Gasteiger partial charge in [0.15, 0.2) is 0 Å². The van der Waals surface area contributed by atoms with E-state index < -0.39 is 0 Å². The molecule has 0 bridgehead atoms. The van der Waals surface area contributed by atoms with Crippen LogP contribution in [-0.2, 0) is 6.54 Å². The second kappa shape index (κ2) is 5.95. The van der Waals surface area contributed by atoms with E-state index in [-0.39, 0.29) is 11.8 Å². The molecule has 20 heavy (non-hydrogen) atoms. The fraction of sp³-hybridized carbons (Fsp3) is 0.733. The van der Waals surface area contributed by atoms with Gasteiger partial charge < -0.3 is 10.2 Å². The molecule has 0 aliphatic carbocycles. The molecule has 1 aromatic heterocycles. The highest BCUT2D eigenvalue weighted by Crippen LogP contribution is 2.20. The number of nitrogens with zero attached hydrogens (tertiary/aromatic N) is 3. The molecule has 1 aromatic rings. The zero-order chi connectivity index (χ0) is 14.9. The lowest BCUT2D eigenvalue weighted by atomic mass is 10.0. The third-order valence-electron chi connectivity index (χ3n) is 3.74. The van der Waals surface area contributed by atoms with Crippen LogP contribution >= 0.6 is 0 Å². The summed E-state index contributed by atoms with van der Waals surface area (Å²) in [5.74, 6) is 0.383. The maximum Gasteiger partial charge on any atom is 0.257 e. The lowest BCUT2D eigenvalue weighted by Crippen LogP contribution is -2.55. The van der Waals surface area contributed by atoms with Crippen LogP contribution in [0.1, 0.15) is 56.6 Å². The van der Waals surface area contributed by atoms with Crippen LogP contribution in [0.15, 0.2) is 6.20 Å². The van der Waals surface area contributed by atoms with Crippen LogP contribution in [0.4, 0.5) is 0 Å². The molecule has 0 saturated carbocycles. The molecule has 5 nitrogen and oxygen atoms in total. The Balaban J connectivity index is 2.26. The molecule has 1 amide bonds. The number of carbonyl (C=O) groups is 1. The van der Waals surface area contributed by atoms with Gasteiger partial charge in [-0.3, -0.25) is 9.48 Å². The summed E-state index contributed by atoms with van der Waals surface area (Å²) in [7, 11) is 0. The Kier molecular flexibility index (Phi) is 4.48. The number of hydrogen-bond donors (Lipinski definition) is 1. The summed E-state index contributed by atoms with van der Waals surface area (Å²) in [6.45, 7) is 12.8. The highest BCUT2D eigenvalue weighted by Gasteiger charge is 2.28. The lowest BCUT2D eigenvalue weighted by Gasteiger charge is -2.36. The van der Waals surface area contributed by atoms with Crippen LogP contribution in [0.25, 0.3) is 0 Å². The first-order chi connectivity index (χ1) is 9.42. The van der Waals surface area contributed by atoms with Crippen molar-refractivity contribution in [3.8, 4) is 0 Å². The first-order valence-electron chi connectivity index (χ1n) is 7.55. The Morgan fingerprint density at radius 1 is 1.40 bits per heavy atom. The minimum Gasteiger partial charge on any atom is -0.335 e. The van der Waals surface area contributed by atoms with E-state index in [1.165, 1.54) is 0 Å². The van der Waals surface area contributed by atoms with E-state index in [4.69, 9.17) is 0 Å². The smallest absolute Gasteiger partial charge is 0.257 e. The van der Waals surface area contributed by atoms with Crippen molar-refractivity contribution in [1.29, 1.82) is 0 Å². The third kappa shape index (κ3) is 3.03. The second-order valence-corrected chi connectivity index (χ2v) is 6.12. The van der Waals surface area contributed by atoms with Crippen LogP contribution in [0.3, 0.4) is 0 Å². The van der Waals surface area contributed by atoms with E-state index in [1.54, 1.807) is 0 Å². The molecule has 0 spiro atoms. The van der Waals surface area contributed by atoms with Gasteiger partial charge >= 0.3 is 0 Å². The number of hydrogen-bond acceptors (Lipinski definition) is 3. The van der Waals surface area contributed by atoms with Crippen molar-refractivity contribution in [3.05, 3.63) is 17.5 Å². The molecule has 1 saturated heterocycles. The second-order valence-electron chi connectivity index (χ2n) is 6.12. The van der Waals surface area contributed by atoms with Gasteiger partial charge in [0.25, 0.3) is 5.91 Å². The Hall–Kier alpha value is -1.36. The monoisotopic (exact) mass is 278 g/mol. The predicted molar refractivity (Wildman–Crippen MR) is 80.0 cm³/mol. The fourth-order valence-electron chi connectivity index (χ4n) is 2.85. The number of rotatable bonds is 3. The van der Waals surface area contributed by atoms with Gasteiger partial charge in [-0.1, -0.05) is 13.8 Å². The van der Waals surface area contributed by atoms with Crippen molar-refractivity contribution >= 4 is 5.91 Å². The summed E-state index contributed by atoms with van der Waals surface area (Å²) in [6, 6.07) is 0.679. The summed E-state index contributed by atoms with van der Waals surface area (Å²) in [5, 5.41) is 7.99. The Morgan fingerprint density at radius 2 is 2.00 bits per heavy atom. The molecule has 2 heterocycles. The standard InChI is InChI=1S/C15H26N4O/c1-6-19-9-13(14(17-19)10(2)3)15(20)18-7-11(4)16-12(5)8-18/h9-12,16H,6-8H2,1-5H3/t11-,12-/m1/s1. The summed E-state index contributed by atoms with van der Waals surface area (Å²) in [6.07, 6.45) is 1.90. The summed E-state index contributed by atoms with van der Waals surface area (Å²) in [5.41, 5.74) is 1.68. The Labute approximate surface area is 121 Å². The van der Waals surface area contributed by atoms with Gasteiger partial charge in [-0.25, -0.2) is 0 Å². The van der Waals surface area contributed by atoms with E-state index in [9.17, 15) is 4.79 Å². The fourth-order valence-corrected chi connectivity index (χ4v) is 2.85. The van der Waals surface area contributed by atoms with Crippen molar-refractivity contribution in [2.45, 2.75) is 59.2 Å². The molecule has 1 fully saturated rings. The van der Waals surface area contributed by atoms with Crippen molar-refractivity contribution in [2.24, 2.45) is 0 Å². The average Bonchev–Trinajstić information content (AvgIpc) is 2.81. The molecular formula is C15H26N4O. The van der Waals surface area contributed by atoms with Gasteiger partial charge in [0.1, 0.15) is 0 Å². The summed E-state index contributed by atoms with van der Waals surface area (Å²) >= 11 is 0. The first kappa shape index (κ1) is 15.0. The molecule has 1 N–H and O–H groups in total. The van der Waals surface area contributed by atoms with Crippen molar-refractivity contribution < 1.29 is 4.79 Å². The molecular weight excluding hydrogens is 252 g/mol. The number of amides is 1. The number of piperazine rings is 1. The van der Waals surface area contributed by atoms with Gasteiger partial charge in [0, 0.05) is 37.9 Å². The van der Waals surface area contributed by atoms with Crippen molar-refractivity contribution in [1.82, 2.24) is 20.0 Å². The highest BCUT2D eigenvalue weighted by atomic mass is 16.2. The zero-order valence-corrected chi connectivity index (χ0v) is 13.2. The Bertz CT molecular complexity index is 470. The quantitative estimate of drug-likeness (QED) is 0.918. The molecule has 0 unspecified atom stereocenters. The topological polar surface area (TPSA) is 50.2 Å². The molecule has 1 aliphatic rings. The average molecular weight is 278 g/mol. The minimum absolute atomic E-state index is 0.119. The van der Waals surface area contributed by atoms with Crippen molar-refractivity contribution in [2.75, 3.05) is 13.1 Å². The zero-order valence-electron chi connectivity index (χ0n) is 13.2. The maximum atomic E-state index is 12.8. The molecule has 5 heteroatoms. The van der Waals surface area contributed by atoms with Crippen molar-refractivity contribution in [3.63, 3.8) is 0 Å². The Morgan fingerprint density at radius 3 is 2.50 bits per heavy atom. The van der Waals surface area contributed by atoms with Crippen LogP contribution in [-0.4, -0.2) is 45.8 Å². The summed E-state index contributed by atoms with van der Waals surface area (Å²) in [4.78, 5) is 14.7. The maximum absolute atomic E-state index is 12.8. The first-order valence-corrected chi connectivity index (χ1v) is 7.55. The van der Waals surface area contributed by atoms with E-state index in [1.807, 2.05) is 22.7 Å². The number of nitrogens with one attached hydrogen (secondary N) is 1.